The molecule has 1 aromatic carbocycles. The van der Waals surface area contributed by atoms with Gasteiger partial charge in [0.25, 0.3) is 0 Å². The summed E-state index contributed by atoms with van der Waals surface area (Å²) in [6, 6.07) is 5.26. The van der Waals surface area contributed by atoms with Gasteiger partial charge in [0.15, 0.2) is 0 Å². The van der Waals surface area contributed by atoms with E-state index in [1.54, 1.807) is 36.1 Å². The van der Waals surface area contributed by atoms with Crippen LogP contribution in [0.15, 0.2) is 48.4 Å². The van der Waals surface area contributed by atoms with Crippen LogP contribution >= 0.6 is 0 Å². The second-order valence-electron chi connectivity index (χ2n) is 5.29. The summed E-state index contributed by atoms with van der Waals surface area (Å²) in [4.78, 5) is 13.9. The SMILES string of the molecule is C=CCN(CC=C)C(=O)CCNS(=O)(=O)c1cc(C)ccc1C. The van der Waals surface area contributed by atoms with Crippen LogP contribution in [0.1, 0.15) is 17.5 Å². The van der Waals surface area contributed by atoms with Crippen LogP contribution in [0, 0.1) is 13.8 Å². The first-order valence-corrected chi connectivity index (χ1v) is 8.86. The van der Waals surface area contributed by atoms with Gasteiger partial charge >= 0.3 is 0 Å². The first-order chi connectivity index (χ1) is 10.8. The Hall–Kier alpha value is -1.92. The van der Waals surface area contributed by atoms with Gasteiger partial charge in [0.2, 0.25) is 15.9 Å². The molecule has 23 heavy (non-hydrogen) atoms. The van der Waals surface area contributed by atoms with E-state index in [-0.39, 0.29) is 23.8 Å². The molecule has 0 aliphatic carbocycles. The van der Waals surface area contributed by atoms with Crippen molar-refractivity contribution in [2.45, 2.75) is 25.2 Å². The van der Waals surface area contributed by atoms with E-state index >= 15 is 0 Å². The molecule has 1 rings (SSSR count). The Morgan fingerprint density at radius 3 is 2.39 bits per heavy atom. The molecule has 0 aliphatic heterocycles. The van der Waals surface area contributed by atoms with Crippen LogP contribution in [-0.2, 0) is 14.8 Å². The molecule has 0 spiro atoms. The highest BCUT2D eigenvalue weighted by atomic mass is 32.2. The van der Waals surface area contributed by atoms with Gasteiger partial charge in [-0.3, -0.25) is 4.79 Å². The normalized spacial score (nSPS) is 11.0. The van der Waals surface area contributed by atoms with Crippen molar-refractivity contribution in [2.75, 3.05) is 19.6 Å². The van der Waals surface area contributed by atoms with Crippen molar-refractivity contribution in [1.82, 2.24) is 9.62 Å². The molecule has 0 heterocycles. The van der Waals surface area contributed by atoms with Crippen LogP contribution in [0.2, 0.25) is 0 Å². The van der Waals surface area contributed by atoms with Gasteiger partial charge in [0.1, 0.15) is 0 Å². The van der Waals surface area contributed by atoms with E-state index in [2.05, 4.69) is 17.9 Å². The fraction of sp³-hybridized carbons (Fsp3) is 0.353. The molecule has 1 amide bonds. The maximum atomic E-state index is 12.3. The molecular weight excluding hydrogens is 312 g/mol. The van der Waals surface area contributed by atoms with Gasteiger partial charge in [-0.1, -0.05) is 24.3 Å². The standard InChI is InChI=1S/C17H24N2O3S/c1-5-11-19(12-6-2)17(20)9-10-18-23(21,22)16-13-14(3)7-8-15(16)4/h5-8,13,18H,1-2,9-12H2,3-4H3. The van der Waals surface area contributed by atoms with Crippen LogP contribution in [0.25, 0.3) is 0 Å². The Kier molecular flexibility index (Phi) is 7.19. The van der Waals surface area contributed by atoms with E-state index in [4.69, 9.17) is 0 Å². The van der Waals surface area contributed by atoms with Crippen LogP contribution in [0.3, 0.4) is 0 Å². The van der Waals surface area contributed by atoms with E-state index in [0.29, 0.717) is 18.7 Å². The quantitative estimate of drug-likeness (QED) is 0.703. The maximum Gasteiger partial charge on any atom is 0.240 e. The van der Waals surface area contributed by atoms with Crippen LogP contribution < -0.4 is 4.72 Å². The molecule has 5 nitrogen and oxygen atoms in total. The number of sulfonamides is 1. The average molecular weight is 336 g/mol. The minimum absolute atomic E-state index is 0.0549. The van der Waals surface area contributed by atoms with Crippen LogP contribution in [-0.4, -0.2) is 38.9 Å². The third-order valence-electron chi connectivity index (χ3n) is 3.32. The number of amides is 1. The summed E-state index contributed by atoms with van der Waals surface area (Å²) in [5, 5.41) is 0. The number of nitrogens with zero attached hydrogens (tertiary/aromatic N) is 1. The van der Waals surface area contributed by atoms with Crippen molar-refractivity contribution in [3.8, 4) is 0 Å². The molecule has 126 valence electrons. The van der Waals surface area contributed by atoms with Crippen LogP contribution in [0.5, 0.6) is 0 Å². The maximum absolute atomic E-state index is 12.3. The summed E-state index contributed by atoms with van der Waals surface area (Å²) in [6.45, 7) is 11.7. The topological polar surface area (TPSA) is 66.5 Å². The number of nitrogens with one attached hydrogen (secondary N) is 1. The molecule has 0 atom stereocenters. The minimum Gasteiger partial charge on any atom is -0.335 e. The van der Waals surface area contributed by atoms with E-state index < -0.39 is 10.0 Å². The highest BCUT2D eigenvalue weighted by Crippen LogP contribution is 2.16. The highest BCUT2D eigenvalue weighted by Gasteiger charge is 2.18. The number of hydrogen-bond acceptors (Lipinski definition) is 3. The lowest BCUT2D eigenvalue weighted by molar-refractivity contribution is -0.130. The Bertz CT molecular complexity index is 671. The number of benzene rings is 1. The predicted molar refractivity (Wildman–Crippen MR) is 92.7 cm³/mol. The summed E-state index contributed by atoms with van der Waals surface area (Å²) in [7, 11) is -3.62. The number of rotatable bonds is 9. The smallest absolute Gasteiger partial charge is 0.240 e. The predicted octanol–water partition coefficient (Wildman–Crippen LogP) is 2.17. The molecule has 0 saturated carbocycles. The third-order valence-corrected chi connectivity index (χ3v) is 4.92. The Labute approximate surface area is 138 Å². The van der Waals surface area contributed by atoms with Crippen molar-refractivity contribution < 1.29 is 13.2 Å². The molecule has 0 unspecified atom stereocenters. The molecule has 0 saturated heterocycles. The highest BCUT2D eigenvalue weighted by molar-refractivity contribution is 7.89. The molecular formula is C17H24N2O3S. The fourth-order valence-corrected chi connectivity index (χ4v) is 3.47. The van der Waals surface area contributed by atoms with Crippen molar-refractivity contribution in [1.29, 1.82) is 0 Å². The molecule has 0 aromatic heterocycles. The summed E-state index contributed by atoms with van der Waals surface area (Å²) >= 11 is 0. The second kappa shape index (κ2) is 8.64. The molecule has 0 aliphatic rings. The Balaban J connectivity index is 2.69. The van der Waals surface area contributed by atoms with E-state index in [0.717, 1.165) is 5.56 Å². The summed E-state index contributed by atoms with van der Waals surface area (Å²) in [5.41, 5.74) is 1.55. The van der Waals surface area contributed by atoms with Crippen molar-refractivity contribution in [3.63, 3.8) is 0 Å². The summed E-state index contributed by atoms with van der Waals surface area (Å²) < 4.78 is 27.2. The lowest BCUT2D eigenvalue weighted by Gasteiger charge is -2.19. The number of aryl methyl sites for hydroxylation is 2. The Morgan fingerprint density at radius 2 is 1.83 bits per heavy atom. The van der Waals surface area contributed by atoms with Crippen LogP contribution in [0.4, 0.5) is 0 Å². The number of hydrogen-bond donors (Lipinski definition) is 1. The zero-order chi connectivity index (χ0) is 17.5. The average Bonchev–Trinajstić information content (AvgIpc) is 2.49. The molecule has 1 aromatic rings. The van der Waals surface area contributed by atoms with Crippen molar-refractivity contribution in [3.05, 3.63) is 54.6 Å². The van der Waals surface area contributed by atoms with Gasteiger partial charge in [-0.2, -0.15) is 0 Å². The molecule has 6 heteroatoms. The van der Waals surface area contributed by atoms with Gasteiger partial charge in [0.05, 0.1) is 4.90 Å². The molecule has 0 radical (unpaired) electrons. The summed E-state index contributed by atoms with van der Waals surface area (Å²) in [6.07, 6.45) is 3.34. The minimum atomic E-state index is -3.62. The summed E-state index contributed by atoms with van der Waals surface area (Å²) in [5.74, 6) is -0.145. The lowest BCUT2D eigenvalue weighted by atomic mass is 10.2. The van der Waals surface area contributed by atoms with E-state index in [9.17, 15) is 13.2 Å². The van der Waals surface area contributed by atoms with Gasteiger partial charge in [-0.05, 0) is 31.0 Å². The number of carbonyl (C=O) groups excluding carboxylic acids is 1. The second-order valence-corrected chi connectivity index (χ2v) is 7.03. The zero-order valence-corrected chi connectivity index (χ0v) is 14.5. The lowest BCUT2D eigenvalue weighted by Crippen LogP contribution is -2.35. The van der Waals surface area contributed by atoms with Crippen molar-refractivity contribution in [2.24, 2.45) is 0 Å². The van der Waals surface area contributed by atoms with Gasteiger partial charge in [-0.25, -0.2) is 13.1 Å². The molecule has 1 N–H and O–H groups in total. The molecule has 0 bridgehead atoms. The van der Waals surface area contributed by atoms with Gasteiger partial charge < -0.3 is 4.90 Å². The van der Waals surface area contributed by atoms with E-state index in [1.807, 2.05) is 13.0 Å². The third kappa shape index (κ3) is 5.65. The Morgan fingerprint density at radius 1 is 1.22 bits per heavy atom. The van der Waals surface area contributed by atoms with E-state index in [1.165, 1.54) is 0 Å². The first kappa shape index (κ1) is 19.1. The molecule has 0 fully saturated rings. The number of carbonyl (C=O) groups is 1. The largest absolute Gasteiger partial charge is 0.335 e. The first-order valence-electron chi connectivity index (χ1n) is 7.38. The van der Waals surface area contributed by atoms with Crippen molar-refractivity contribution >= 4 is 15.9 Å². The monoisotopic (exact) mass is 336 g/mol. The van der Waals surface area contributed by atoms with Gasteiger partial charge in [0, 0.05) is 26.1 Å². The fourth-order valence-electron chi connectivity index (χ4n) is 2.11. The zero-order valence-electron chi connectivity index (χ0n) is 13.7. The van der Waals surface area contributed by atoms with Gasteiger partial charge in [-0.15, -0.1) is 13.2 Å².